The van der Waals surface area contributed by atoms with Crippen LogP contribution >= 0.6 is 0 Å². The van der Waals surface area contributed by atoms with Crippen molar-refractivity contribution < 1.29 is 25.0 Å². The SMILES string of the molecule is COc1ccc([C@@H](O)[C@H](C)[NH2+][C@H](C)[C@@H](O)c2ccc(OC)cc2)cc1. The monoisotopic (exact) mass is 346 g/mol. The third-order valence-electron chi connectivity index (χ3n) is 4.52. The molecular formula is C20H28NO4+. The fourth-order valence-corrected chi connectivity index (χ4v) is 2.90. The van der Waals surface area contributed by atoms with E-state index in [1.165, 1.54) is 0 Å². The lowest BCUT2D eigenvalue weighted by Crippen LogP contribution is -2.95. The van der Waals surface area contributed by atoms with E-state index in [1.54, 1.807) is 14.2 Å². The Balaban J connectivity index is 1.98. The Morgan fingerprint density at radius 2 is 1.00 bits per heavy atom. The lowest BCUT2D eigenvalue weighted by Gasteiger charge is -2.25. The van der Waals surface area contributed by atoms with Gasteiger partial charge < -0.3 is 25.0 Å². The summed E-state index contributed by atoms with van der Waals surface area (Å²) in [6.45, 7) is 3.90. The number of ether oxygens (including phenoxy) is 2. The van der Waals surface area contributed by atoms with Gasteiger partial charge in [-0.25, -0.2) is 0 Å². The maximum absolute atomic E-state index is 10.6. The number of rotatable bonds is 8. The number of aliphatic hydroxyl groups excluding tert-OH is 2. The van der Waals surface area contributed by atoms with Gasteiger partial charge in [-0.15, -0.1) is 0 Å². The number of benzene rings is 2. The van der Waals surface area contributed by atoms with Gasteiger partial charge in [0.1, 0.15) is 35.8 Å². The van der Waals surface area contributed by atoms with E-state index in [-0.39, 0.29) is 12.1 Å². The third kappa shape index (κ3) is 4.95. The Morgan fingerprint density at radius 3 is 1.28 bits per heavy atom. The molecule has 136 valence electrons. The molecule has 0 saturated heterocycles. The van der Waals surface area contributed by atoms with Gasteiger partial charge in [-0.05, 0) is 49.2 Å². The molecule has 0 aromatic heterocycles. The predicted octanol–water partition coefficient (Wildman–Crippen LogP) is 1.81. The zero-order chi connectivity index (χ0) is 18.4. The van der Waals surface area contributed by atoms with Gasteiger partial charge in [0.05, 0.1) is 14.2 Å². The van der Waals surface area contributed by atoms with E-state index >= 15 is 0 Å². The highest BCUT2D eigenvalue weighted by molar-refractivity contribution is 5.29. The van der Waals surface area contributed by atoms with Crippen LogP contribution < -0.4 is 14.8 Å². The number of quaternary nitrogens is 1. The van der Waals surface area contributed by atoms with Gasteiger partial charge in [0.15, 0.2) is 0 Å². The molecular weight excluding hydrogens is 318 g/mol. The lowest BCUT2D eigenvalue weighted by atomic mass is 9.99. The van der Waals surface area contributed by atoms with Crippen molar-refractivity contribution in [3.8, 4) is 11.5 Å². The molecule has 0 saturated carbocycles. The minimum absolute atomic E-state index is 0.101. The minimum atomic E-state index is -0.628. The first-order valence-electron chi connectivity index (χ1n) is 8.45. The van der Waals surface area contributed by atoms with Gasteiger partial charge in [-0.2, -0.15) is 0 Å². The number of hydrogen-bond acceptors (Lipinski definition) is 4. The second kappa shape index (κ2) is 8.85. The third-order valence-corrected chi connectivity index (χ3v) is 4.52. The Morgan fingerprint density at radius 1 is 0.680 bits per heavy atom. The first-order chi connectivity index (χ1) is 12.0. The van der Waals surface area contributed by atoms with Crippen LogP contribution in [0.3, 0.4) is 0 Å². The standard InChI is InChI=1S/C20H27NO4/c1-13(19(22)15-5-9-17(24-3)10-6-15)21-14(2)20(23)16-7-11-18(25-4)12-8-16/h5-14,19-23H,1-4H3/p+1/t13-,14+,19-,20+. The van der Waals surface area contributed by atoms with Crippen molar-refractivity contribution in [3.63, 3.8) is 0 Å². The van der Waals surface area contributed by atoms with Crippen LogP contribution in [0.25, 0.3) is 0 Å². The van der Waals surface area contributed by atoms with Crippen molar-refractivity contribution >= 4 is 0 Å². The Bertz CT molecular complexity index is 584. The zero-order valence-corrected chi connectivity index (χ0v) is 15.2. The van der Waals surface area contributed by atoms with Crippen LogP contribution in [0.4, 0.5) is 0 Å². The van der Waals surface area contributed by atoms with Crippen LogP contribution in [-0.4, -0.2) is 36.5 Å². The lowest BCUT2D eigenvalue weighted by molar-refractivity contribution is -0.730. The molecule has 0 amide bonds. The highest BCUT2D eigenvalue weighted by atomic mass is 16.5. The van der Waals surface area contributed by atoms with Gasteiger partial charge in [0, 0.05) is 0 Å². The van der Waals surface area contributed by atoms with E-state index < -0.39 is 12.2 Å². The van der Waals surface area contributed by atoms with Crippen molar-refractivity contribution in [2.45, 2.75) is 38.1 Å². The Hall–Kier alpha value is -2.08. The maximum Gasteiger partial charge on any atom is 0.130 e. The fourth-order valence-electron chi connectivity index (χ4n) is 2.90. The van der Waals surface area contributed by atoms with E-state index in [0.717, 1.165) is 22.6 Å². The van der Waals surface area contributed by atoms with E-state index in [4.69, 9.17) is 9.47 Å². The van der Waals surface area contributed by atoms with Crippen molar-refractivity contribution in [2.75, 3.05) is 14.2 Å². The van der Waals surface area contributed by atoms with E-state index in [9.17, 15) is 10.2 Å². The van der Waals surface area contributed by atoms with E-state index in [1.807, 2.05) is 67.7 Å². The number of hydrogen-bond donors (Lipinski definition) is 3. The van der Waals surface area contributed by atoms with Crippen LogP contribution in [0.2, 0.25) is 0 Å². The summed E-state index contributed by atoms with van der Waals surface area (Å²) < 4.78 is 10.3. The topological polar surface area (TPSA) is 75.5 Å². The number of methoxy groups -OCH3 is 2. The molecule has 0 aliphatic carbocycles. The minimum Gasteiger partial charge on any atom is -0.497 e. The van der Waals surface area contributed by atoms with Crippen molar-refractivity contribution in [3.05, 3.63) is 59.7 Å². The summed E-state index contributed by atoms with van der Waals surface area (Å²) in [5.74, 6) is 1.52. The molecule has 5 heteroatoms. The van der Waals surface area contributed by atoms with Crippen LogP contribution in [0, 0.1) is 0 Å². The zero-order valence-electron chi connectivity index (χ0n) is 15.2. The molecule has 4 N–H and O–H groups in total. The summed E-state index contributed by atoms with van der Waals surface area (Å²) >= 11 is 0. The quantitative estimate of drug-likeness (QED) is 0.681. The molecule has 4 atom stereocenters. The van der Waals surface area contributed by atoms with Crippen LogP contribution in [0.1, 0.15) is 37.2 Å². The first-order valence-corrected chi connectivity index (χ1v) is 8.45. The smallest absolute Gasteiger partial charge is 0.130 e. The molecule has 2 aromatic rings. The molecule has 2 rings (SSSR count). The average molecular weight is 346 g/mol. The summed E-state index contributed by atoms with van der Waals surface area (Å²) in [5, 5.41) is 23.1. The van der Waals surface area contributed by atoms with Crippen LogP contribution in [-0.2, 0) is 0 Å². The van der Waals surface area contributed by atoms with E-state index in [2.05, 4.69) is 0 Å². The highest BCUT2D eigenvalue weighted by Crippen LogP contribution is 2.21. The van der Waals surface area contributed by atoms with Crippen molar-refractivity contribution in [1.29, 1.82) is 0 Å². The largest absolute Gasteiger partial charge is 0.497 e. The van der Waals surface area contributed by atoms with E-state index in [0.29, 0.717) is 0 Å². The van der Waals surface area contributed by atoms with Crippen LogP contribution in [0.5, 0.6) is 11.5 Å². The molecule has 2 aromatic carbocycles. The Kier molecular flexibility index (Phi) is 6.82. The number of nitrogens with two attached hydrogens (primary N) is 1. The molecule has 0 unspecified atom stereocenters. The van der Waals surface area contributed by atoms with Gasteiger partial charge in [-0.3, -0.25) is 0 Å². The molecule has 0 radical (unpaired) electrons. The second-order valence-electron chi connectivity index (χ2n) is 6.35. The first kappa shape index (κ1) is 19.2. The van der Waals surface area contributed by atoms with Crippen molar-refractivity contribution in [1.82, 2.24) is 0 Å². The molecule has 0 heterocycles. The molecule has 0 bridgehead atoms. The van der Waals surface area contributed by atoms with Crippen molar-refractivity contribution in [2.24, 2.45) is 0 Å². The van der Waals surface area contributed by atoms with Gasteiger partial charge in [0.2, 0.25) is 0 Å². The van der Waals surface area contributed by atoms with Gasteiger partial charge >= 0.3 is 0 Å². The summed E-state index contributed by atoms with van der Waals surface area (Å²) in [5.41, 5.74) is 1.66. The molecule has 0 fully saturated rings. The fraction of sp³-hybridized carbons (Fsp3) is 0.400. The summed E-state index contributed by atoms with van der Waals surface area (Å²) in [7, 11) is 3.23. The molecule has 25 heavy (non-hydrogen) atoms. The van der Waals surface area contributed by atoms with Crippen LogP contribution in [0.15, 0.2) is 48.5 Å². The predicted molar refractivity (Wildman–Crippen MR) is 96.8 cm³/mol. The summed E-state index contributed by atoms with van der Waals surface area (Å²) in [6, 6.07) is 14.6. The molecule has 5 nitrogen and oxygen atoms in total. The Labute approximate surface area is 149 Å². The highest BCUT2D eigenvalue weighted by Gasteiger charge is 2.26. The summed E-state index contributed by atoms with van der Waals surface area (Å²) in [4.78, 5) is 0. The normalized spacial score (nSPS) is 15.9. The van der Waals surface area contributed by atoms with Gasteiger partial charge in [-0.1, -0.05) is 24.3 Å². The average Bonchev–Trinajstić information content (AvgIpc) is 2.66. The second-order valence-corrected chi connectivity index (χ2v) is 6.35. The maximum atomic E-state index is 10.6. The summed E-state index contributed by atoms with van der Waals surface area (Å²) in [6.07, 6.45) is -1.26. The molecule has 0 aliphatic heterocycles. The molecule has 0 aliphatic rings. The molecule has 0 spiro atoms. The van der Waals surface area contributed by atoms with Gasteiger partial charge in [0.25, 0.3) is 0 Å². The number of aliphatic hydroxyl groups is 2.